The highest BCUT2D eigenvalue weighted by Crippen LogP contribution is 2.32. The fraction of sp³-hybridized carbons (Fsp3) is 0.250. The second-order valence-corrected chi connectivity index (χ2v) is 6.75. The van der Waals surface area contributed by atoms with Gasteiger partial charge in [-0.2, -0.15) is 0 Å². The number of nitrogens with one attached hydrogen (secondary N) is 1. The number of halogens is 1. The Balaban J connectivity index is 2.01. The van der Waals surface area contributed by atoms with Crippen LogP contribution in [0.3, 0.4) is 0 Å². The minimum atomic E-state index is -0.805. The number of thiophene rings is 1. The molecule has 0 radical (unpaired) electrons. The average Bonchev–Trinajstić information content (AvgIpc) is 2.82. The van der Waals surface area contributed by atoms with E-state index in [0.29, 0.717) is 10.2 Å². The Hall–Kier alpha value is -2.81. The molecule has 25 heavy (non-hydrogen) atoms. The van der Waals surface area contributed by atoms with Crippen LogP contribution in [0.4, 0.5) is 10.1 Å². The quantitative estimate of drug-likeness (QED) is 0.562. The van der Waals surface area contributed by atoms with Crippen LogP contribution in [-0.2, 0) is 0 Å². The van der Waals surface area contributed by atoms with Crippen LogP contribution in [0, 0.1) is 29.8 Å². The first-order valence-electron chi connectivity index (χ1n) is 7.38. The largest absolute Gasteiger partial charge is 0.476 e. The molecule has 1 N–H and O–H groups in total. The molecule has 0 saturated heterocycles. The number of hydrogen-bond donors (Lipinski definition) is 1. The van der Waals surface area contributed by atoms with E-state index < -0.39 is 16.8 Å². The molecule has 1 atom stereocenters. The first-order valence-corrected chi connectivity index (χ1v) is 8.20. The van der Waals surface area contributed by atoms with Crippen molar-refractivity contribution in [3.05, 3.63) is 60.7 Å². The lowest BCUT2D eigenvalue weighted by molar-refractivity contribution is -0.386. The zero-order chi connectivity index (χ0) is 18.3. The smallest absolute Gasteiger partial charge is 0.311 e. The molecule has 1 aromatic carbocycles. The summed E-state index contributed by atoms with van der Waals surface area (Å²) < 4.78 is 18.9. The van der Waals surface area contributed by atoms with Crippen molar-refractivity contribution in [1.29, 1.82) is 0 Å². The summed E-state index contributed by atoms with van der Waals surface area (Å²) in [4.78, 5) is 31.3. The Labute approximate surface area is 145 Å². The molecule has 0 aliphatic rings. The lowest BCUT2D eigenvalue weighted by atomic mass is 10.2. The minimum absolute atomic E-state index is 0.220. The Morgan fingerprint density at radius 1 is 1.40 bits per heavy atom. The summed E-state index contributed by atoms with van der Waals surface area (Å²) in [6, 6.07) is 2.95. The molecule has 3 aromatic rings. The zero-order valence-corrected chi connectivity index (χ0v) is 14.4. The summed E-state index contributed by atoms with van der Waals surface area (Å²) in [6.07, 6.45) is -0.805. The van der Waals surface area contributed by atoms with Crippen molar-refractivity contribution in [3.63, 3.8) is 0 Å². The number of aryl methyl sites for hydroxylation is 2. The summed E-state index contributed by atoms with van der Waals surface area (Å²) in [7, 11) is 0. The third-order valence-corrected chi connectivity index (χ3v) is 4.97. The van der Waals surface area contributed by atoms with Gasteiger partial charge in [0.2, 0.25) is 5.75 Å². The number of nitrogens with zero attached hydrogens (tertiary/aromatic N) is 2. The molecule has 0 bridgehead atoms. The van der Waals surface area contributed by atoms with Gasteiger partial charge in [0.15, 0.2) is 11.9 Å². The number of benzene rings is 1. The molecule has 7 nitrogen and oxygen atoms in total. The molecule has 0 spiro atoms. The van der Waals surface area contributed by atoms with Gasteiger partial charge in [0.1, 0.15) is 10.6 Å². The monoisotopic (exact) mass is 363 g/mol. The van der Waals surface area contributed by atoms with Crippen LogP contribution in [0.25, 0.3) is 10.2 Å². The number of nitro groups is 1. The summed E-state index contributed by atoms with van der Waals surface area (Å²) >= 11 is 1.39. The number of fused-ring (bicyclic) bond motifs is 1. The van der Waals surface area contributed by atoms with Gasteiger partial charge in [-0.1, -0.05) is 0 Å². The Morgan fingerprint density at radius 3 is 2.80 bits per heavy atom. The van der Waals surface area contributed by atoms with Crippen LogP contribution in [0.15, 0.2) is 23.0 Å². The van der Waals surface area contributed by atoms with Gasteiger partial charge in [-0.15, -0.1) is 11.3 Å². The average molecular weight is 363 g/mol. The van der Waals surface area contributed by atoms with Crippen LogP contribution < -0.4 is 10.3 Å². The third kappa shape index (κ3) is 3.10. The molecule has 3 rings (SSSR count). The predicted octanol–water partition coefficient (Wildman–Crippen LogP) is 3.79. The maximum Gasteiger partial charge on any atom is 0.311 e. The third-order valence-electron chi connectivity index (χ3n) is 3.86. The highest BCUT2D eigenvalue weighted by atomic mass is 32.1. The SMILES string of the molecule is Cc1sc2nc(C(C)Oc3cc(F)ccc3[N+](=O)[O-])[nH]c(=O)c2c1C. The summed E-state index contributed by atoms with van der Waals surface area (Å²) in [5.74, 6) is -0.662. The van der Waals surface area contributed by atoms with Gasteiger partial charge in [0.25, 0.3) is 5.56 Å². The van der Waals surface area contributed by atoms with Crippen molar-refractivity contribution in [1.82, 2.24) is 9.97 Å². The number of aromatic amines is 1. The molecule has 0 aliphatic heterocycles. The van der Waals surface area contributed by atoms with Crippen molar-refractivity contribution >= 4 is 27.2 Å². The topological polar surface area (TPSA) is 98.1 Å². The summed E-state index contributed by atoms with van der Waals surface area (Å²) in [5.41, 5.74) is 0.208. The normalized spacial score (nSPS) is 12.3. The van der Waals surface area contributed by atoms with E-state index in [2.05, 4.69) is 9.97 Å². The molecular formula is C16H14FN3O4S. The van der Waals surface area contributed by atoms with Crippen molar-refractivity contribution in [2.45, 2.75) is 26.9 Å². The van der Waals surface area contributed by atoms with E-state index >= 15 is 0 Å². The lowest BCUT2D eigenvalue weighted by Gasteiger charge is -2.14. The Bertz CT molecular complexity index is 1040. The number of nitro benzene ring substituents is 1. The van der Waals surface area contributed by atoms with E-state index in [-0.39, 0.29) is 22.8 Å². The second kappa shape index (κ2) is 6.25. The predicted molar refractivity (Wildman–Crippen MR) is 91.8 cm³/mol. The van der Waals surface area contributed by atoms with Crippen LogP contribution in [0.2, 0.25) is 0 Å². The molecule has 2 heterocycles. The fourth-order valence-electron chi connectivity index (χ4n) is 2.44. The lowest BCUT2D eigenvalue weighted by Crippen LogP contribution is -2.16. The number of H-pyrrole nitrogens is 1. The van der Waals surface area contributed by atoms with Gasteiger partial charge in [-0.25, -0.2) is 9.37 Å². The standard InChI is InChI=1S/C16H14FN3O4S/c1-7-9(3)25-16-13(7)15(21)18-14(19-16)8(2)24-12-6-10(17)4-5-11(12)20(22)23/h4-6,8H,1-3H3,(H,18,19,21). The zero-order valence-electron chi connectivity index (χ0n) is 13.6. The maximum absolute atomic E-state index is 13.4. The molecular weight excluding hydrogens is 349 g/mol. The Kier molecular flexibility index (Phi) is 4.25. The van der Waals surface area contributed by atoms with Crippen LogP contribution in [-0.4, -0.2) is 14.9 Å². The molecule has 2 aromatic heterocycles. The second-order valence-electron chi connectivity index (χ2n) is 5.54. The van der Waals surface area contributed by atoms with E-state index in [1.807, 2.05) is 13.8 Å². The first-order chi connectivity index (χ1) is 11.8. The van der Waals surface area contributed by atoms with Crippen molar-refractivity contribution in [2.75, 3.05) is 0 Å². The maximum atomic E-state index is 13.4. The van der Waals surface area contributed by atoms with Crippen LogP contribution in [0.1, 0.15) is 29.3 Å². The fourth-order valence-corrected chi connectivity index (χ4v) is 3.48. The summed E-state index contributed by atoms with van der Waals surface area (Å²) in [5, 5.41) is 11.6. The van der Waals surface area contributed by atoms with Gasteiger partial charge in [-0.3, -0.25) is 14.9 Å². The van der Waals surface area contributed by atoms with Crippen molar-refractivity contribution < 1.29 is 14.1 Å². The van der Waals surface area contributed by atoms with Gasteiger partial charge >= 0.3 is 5.69 Å². The van der Waals surface area contributed by atoms with Gasteiger partial charge in [-0.05, 0) is 32.4 Å². The number of rotatable bonds is 4. The van der Waals surface area contributed by atoms with Crippen molar-refractivity contribution in [2.24, 2.45) is 0 Å². The van der Waals surface area contributed by atoms with Crippen molar-refractivity contribution in [3.8, 4) is 5.75 Å². The molecule has 9 heteroatoms. The molecule has 0 fully saturated rings. The molecule has 0 saturated carbocycles. The summed E-state index contributed by atoms with van der Waals surface area (Å²) in [6.45, 7) is 5.32. The van der Waals surface area contributed by atoms with E-state index in [9.17, 15) is 19.3 Å². The van der Waals surface area contributed by atoms with E-state index in [1.165, 1.54) is 11.3 Å². The highest BCUT2D eigenvalue weighted by Gasteiger charge is 2.21. The molecule has 130 valence electrons. The minimum Gasteiger partial charge on any atom is -0.476 e. The molecule has 1 unspecified atom stereocenters. The molecule has 0 amide bonds. The van der Waals surface area contributed by atoms with Gasteiger partial charge in [0, 0.05) is 17.0 Å². The van der Waals surface area contributed by atoms with Gasteiger partial charge in [0.05, 0.1) is 10.3 Å². The van der Waals surface area contributed by atoms with Crippen LogP contribution in [0.5, 0.6) is 5.75 Å². The number of ether oxygens (including phenoxy) is 1. The van der Waals surface area contributed by atoms with E-state index in [0.717, 1.165) is 28.6 Å². The number of hydrogen-bond acceptors (Lipinski definition) is 6. The number of aromatic nitrogens is 2. The first kappa shape index (κ1) is 17.0. The van der Waals surface area contributed by atoms with E-state index in [1.54, 1.807) is 6.92 Å². The molecule has 0 aliphatic carbocycles. The highest BCUT2D eigenvalue weighted by molar-refractivity contribution is 7.18. The van der Waals surface area contributed by atoms with Gasteiger partial charge < -0.3 is 9.72 Å². The van der Waals surface area contributed by atoms with Crippen LogP contribution >= 0.6 is 11.3 Å². The Morgan fingerprint density at radius 2 is 2.12 bits per heavy atom. The van der Waals surface area contributed by atoms with E-state index in [4.69, 9.17) is 4.74 Å².